The lowest BCUT2D eigenvalue weighted by molar-refractivity contribution is -0.129. The molecule has 7 heteroatoms. The summed E-state index contributed by atoms with van der Waals surface area (Å²) in [5, 5.41) is 7.04. The van der Waals surface area contributed by atoms with Crippen molar-refractivity contribution in [2.24, 2.45) is 16.8 Å². The third-order valence-corrected chi connectivity index (χ3v) is 5.94. The lowest BCUT2D eigenvalue weighted by atomic mass is 9.94. The van der Waals surface area contributed by atoms with Crippen molar-refractivity contribution in [1.82, 2.24) is 20.4 Å². The van der Waals surface area contributed by atoms with E-state index in [1.165, 1.54) is 25.9 Å². The first-order valence-electron chi connectivity index (χ1n) is 10.4. The molecule has 0 aromatic carbocycles. The maximum absolute atomic E-state index is 11.8. The first kappa shape index (κ1) is 24.5. The fourth-order valence-corrected chi connectivity index (χ4v) is 4.06. The van der Waals surface area contributed by atoms with Crippen LogP contribution in [0.25, 0.3) is 0 Å². The van der Waals surface area contributed by atoms with Gasteiger partial charge in [0.2, 0.25) is 5.91 Å². The molecule has 0 spiro atoms. The van der Waals surface area contributed by atoms with E-state index in [4.69, 9.17) is 0 Å². The Hall–Kier alpha value is -0.570. The van der Waals surface area contributed by atoms with Crippen LogP contribution in [-0.2, 0) is 4.79 Å². The molecule has 2 unspecified atom stereocenters. The standard InChI is InChI=1S/C20H39N5O.HI/c1-6-19(26)25-12-9-17(14-25)23-20(21-5)22-13-18(15(2)3)24-10-7-16(4)8-11-24;/h15-18H,6-14H2,1-5H3,(H2,21,22,23);1H. The van der Waals surface area contributed by atoms with Crippen LogP contribution in [-0.4, -0.2) is 73.5 Å². The minimum atomic E-state index is 0. The van der Waals surface area contributed by atoms with E-state index in [-0.39, 0.29) is 29.9 Å². The van der Waals surface area contributed by atoms with Crippen LogP contribution < -0.4 is 10.6 Å². The zero-order valence-corrected chi connectivity index (χ0v) is 20.2. The van der Waals surface area contributed by atoms with Gasteiger partial charge in [0.15, 0.2) is 5.96 Å². The number of nitrogens with zero attached hydrogens (tertiary/aromatic N) is 3. The number of likely N-dealkylation sites (tertiary alicyclic amines) is 2. The van der Waals surface area contributed by atoms with Crippen LogP contribution >= 0.6 is 24.0 Å². The second-order valence-electron chi connectivity index (χ2n) is 8.31. The highest BCUT2D eigenvalue weighted by atomic mass is 127. The van der Waals surface area contributed by atoms with Crippen molar-refractivity contribution >= 4 is 35.8 Å². The smallest absolute Gasteiger partial charge is 0.222 e. The number of nitrogens with one attached hydrogen (secondary N) is 2. The van der Waals surface area contributed by atoms with Gasteiger partial charge in [-0.05, 0) is 44.2 Å². The van der Waals surface area contributed by atoms with E-state index in [0.717, 1.165) is 37.9 Å². The number of hydrogen-bond donors (Lipinski definition) is 2. The van der Waals surface area contributed by atoms with Gasteiger partial charge in [-0.3, -0.25) is 14.7 Å². The van der Waals surface area contributed by atoms with Crippen LogP contribution in [0.2, 0.25) is 0 Å². The molecular formula is C20H40IN5O. The Morgan fingerprint density at radius 3 is 2.41 bits per heavy atom. The van der Waals surface area contributed by atoms with Crippen molar-refractivity contribution in [3.63, 3.8) is 0 Å². The van der Waals surface area contributed by atoms with Crippen LogP contribution in [0.3, 0.4) is 0 Å². The van der Waals surface area contributed by atoms with Gasteiger partial charge in [0.25, 0.3) is 0 Å². The Morgan fingerprint density at radius 1 is 1.19 bits per heavy atom. The number of carbonyl (C=O) groups excluding carboxylic acids is 1. The number of carbonyl (C=O) groups is 1. The van der Waals surface area contributed by atoms with Crippen LogP contribution in [0.15, 0.2) is 4.99 Å². The average molecular weight is 493 g/mol. The van der Waals surface area contributed by atoms with Crippen LogP contribution in [0.4, 0.5) is 0 Å². The summed E-state index contributed by atoms with van der Waals surface area (Å²) in [6.07, 6.45) is 4.19. The Labute approximate surface area is 182 Å². The second kappa shape index (κ2) is 12.1. The third kappa shape index (κ3) is 7.40. The maximum atomic E-state index is 11.8. The molecule has 2 aliphatic heterocycles. The fourth-order valence-electron chi connectivity index (χ4n) is 4.06. The molecule has 0 aliphatic carbocycles. The predicted molar refractivity (Wildman–Crippen MR) is 124 cm³/mol. The largest absolute Gasteiger partial charge is 0.355 e. The molecule has 2 fully saturated rings. The van der Waals surface area contributed by atoms with Crippen molar-refractivity contribution < 1.29 is 4.79 Å². The van der Waals surface area contributed by atoms with Crippen molar-refractivity contribution in [2.45, 2.75) is 65.5 Å². The number of amides is 1. The lowest BCUT2D eigenvalue weighted by Gasteiger charge is -2.39. The molecule has 0 bridgehead atoms. The van der Waals surface area contributed by atoms with Crippen LogP contribution in [0, 0.1) is 11.8 Å². The zero-order valence-electron chi connectivity index (χ0n) is 17.8. The van der Waals surface area contributed by atoms with E-state index in [2.05, 4.69) is 41.3 Å². The molecule has 27 heavy (non-hydrogen) atoms. The summed E-state index contributed by atoms with van der Waals surface area (Å²) in [5.74, 6) is 2.57. The molecule has 2 atom stereocenters. The molecule has 2 aliphatic rings. The summed E-state index contributed by atoms with van der Waals surface area (Å²) in [6.45, 7) is 13.9. The maximum Gasteiger partial charge on any atom is 0.222 e. The van der Waals surface area contributed by atoms with Crippen molar-refractivity contribution in [3.8, 4) is 0 Å². The van der Waals surface area contributed by atoms with Crippen LogP contribution in [0.5, 0.6) is 0 Å². The first-order valence-corrected chi connectivity index (χ1v) is 10.4. The minimum Gasteiger partial charge on any atom is -0.355 e. The lowest BCUT2D eigenvalue weighted by Crippen LogP contribution is -2.52. The van der Waals surface area contributed by atoms with Gasteiger partial charge in [-0.2, -0.15) is 0 Å². The van der Waals surface area contributed by atoms with Gasteiger partial charge in [-0.25, -0.2) is 0 Å². The summed E-state index contributed by atoms with van der Waals surface area (Å²) < 4.78 is 0. The number of guanidine groups is 1. The Morgan fingerprint density at radius 2 is 1.85 bits per heavy atom. The Balaban J connectivity index is 0.00000364. The molecule has 0 aromatic rings. The summed E-state index contributed by atoms with van der Waals surface area (Å²) >= 11 is 0. The number of aliphatic imine (C=N–C) groups is 1. The van der Waals surface area contributed by atoms with E-state index in [0.29, 0.717) is 24.4 Å². The number of halogens is 1. The Bertz CT molecular complexity index is 477. The molecular weight excluding hydrogens is 453 g/mol. The summed E-state index contributed by atoms with van der Waals surface area (Å²) in [5.41, 5.74) is 0. The van der Waals surface area contributed by atoms with Crippen molar-refractivity contribution in [3.05, 3.63) is 0 Å². The summed E-state index contributed by atoms with van der Waals surface area (Å²) in [4.78, 5) is 20.8. The number of piperidine rings is 1. The van der Waals surface area contributed by atoms with Gasteiger partial charge >= 0.3 is 0 Å². The topological polar surface area (TPSA) is 60.0 Å². The van der Waals surface area contributed by atoms with E-state index < -0.39 is 0 Å². The number of hydrogen-bond acceptors (Lipinski definition) is 3. The van der Waals surface area contributed by atoms with Crippen LogP contribution in [0.1, 0.15) is 53.4 Å². The molecule has 0 radical (unpaired) electrons. The first-order chi connectivity index (χ1) is 12.4. The van der Waals surface area contributed by atoms with Gasteiger partial charge in [0.1, 0.15) is 0 Å². The quantitative estimate of drug-likeness (QED) is 0.339. The molecule has 1 amide bonds. The van der Waals surface area contributed by atoms with Crippen molar-refractivity contribution in [2.75, 3.05) is 39.8 Å². The molecule has 0 saturated carbocycles. The molecule has 2 heterocycles. The highest BCUT2D eigenvalue weighted by Crippen LogP contribution is 2.21. The molecule has 2 saturated heterocycles. The van der Waals surface area contributed by atoms with Gasteiger partial charge in [0, 0.05) is 45.2 Å². The normalized spacial score (nSPS) is 23.3. The molecule has 2 N–H and O–H groups in total. The van der Waals surface area contributed by atoms with Gasteiger partial charge in [-0.1, -0.05) is 27.7 Å². The van der Waals surface area contributed by atoms with E-state index in [1.807, 2.05) is 18.9 Å². The van der Waals surface area contributed by atoms with E-state index in [1.54, 1.807) is 0 Å². The van der Waals surface area contributed by atoms with Gasteiger partial charge in [0.05, 0.1) is 0 Å². The molecule has 0 aromatic heterocycles. The summed E-state index contributed by atoms with van der Waals surface area (Å²) in [6, 6.07) is 0.827. The Kier molecular flexibility index (Phi) is 11.0. The zero-order chi connectivity index (χ0) is 19.1. The second-order valence-corrected chi connectivity index (χ2v) is 8.31. The monoisotopic (exact) mass is 493 g/mol. The minimum absolute atomic E-state index is 0. The van der Waals surface area contributed by atoms with Gasteiger partial charge < -0.3 is 15.5 Å². The predicted octanol–water partition coefficient (Wildman–Crippen LogP) is 2.54. The SMILES string of the molecule is CCC(=O)N1CCC(NC(=NC)NCC(C(C)C)N2CCC(C)CC2)C1.I. The molecule has 6 nitrogen and oxygen atoms in total. The van der Waals surface area contributed by atoms with E-state index >= 15 is 0 Å². The third-order valence-electron chi connectivity index (χ3n) is 5.94. The van der Waals surface area contributed by atoms with E-state index in [9.17, 15) is 4.79 Å². The van der Waals surface area contributed by atoms with Gasteiger partial charge in [-0.15, -0.1) is 24.0 Å². The fraction of sp³-hybridized carbons (Fsp3) is 0.900. The molecule has 2 rings (SSSR count). The average Bonchev–Trinajstić information content (AvgIpc) is 3.10. The molecule has 158 valence electrons. The van der Waals surface area contributed by atoms with Crippen molar-refractivity contribution in [1.29, 1.82) is 0 Å². The highest BCUT2D eigenvalue weighted by molar-refractivity contribution is 14.0. The summed E-state index contributed by atoms with van der Waals surface area (Å²) in [7, 11) is 1.83. The number of rotatable bonds is 6. The highest BCUT2D eigenvalue weighted by Gasteiger charge is 2.28.